The van der Waals surface area contributed by atoms with Crippen LogP contribution in [0.15, 0.2) is 102 Å². The molecule has 1 aromatic heterocycles. The molecule has 3 aromatic carbocycles. The molecule has 0 fully saturated rings. The molecule has 0 bridgehead atoms. The van der Waals surface area contributed by atoms with Crippen molar-refractivity contribution in [1.82, 2.24) is 10.6 Å². The van der Waals surface area contributed by atoms with E-state index in [9.17, 15) is 9.59 Å². The Labute approximate surface area is 187 Å². The van der Waals surface area contributed by atoms with Crippen LogP contribution in [0.25, 0.3) is 0 Å². The molecule has 0 aliphatic heterocycles. The van der Waals surface area contributed by atoms with E-state index in [0.29, 0.717) is 36.4 Å². The van der Waals surface area contributed by atoms with Gasteiger partial charge in [-0.3, -0.25) is 9.59 Å². The predicted octanol–water partition coefficient (Wildman–Crippen LogP) is 4.73. The first-order valence-corrected chi connectivity index (χ1v) is 10.5. The van der Waals surface area contributed by atoms with Crippen molar-refractivity contribution in [2.45, 2.75) is 19.5 Å². The second-order valence-electron chi connectivity index (χ2n) is 7.46. The molecule has 0 unspecified atom stereocenters. The number of carbonyl (C=O) groups excluding carboxylic acids is 2. The lowest BCUT2D eigenvalue weighted by Crippen LogP contribution is -2.25. The molecule has 2 N–H and O–H groups in total. The monoisotopic (exact) mass is 424 g/mol. The highest BCUT2D eigenvalue weighted by molar-refractivity contribution is 5.96. The molecule has 5 nitrogen and oxygen atoms in total. The van der Waals surface area contributed by atoms with Gasteiger partial charge in [0.05, 0.1) is 12.8 Å². The molecule has 0 aliphatic rings. The maximum absolute atomic E-state index is 12.9. The van der Waals surface area contributed by atoms with Crippen LogP contribution in [0.3, 0.4) is 0 Å². The van der Waals surface area contributed by atoms with Gasteiger partial charge in [0.2, 0.25) is 0 Å². The van der Waals surface area contributed by atoms with E-state index in [1.165, 1.54) is 0 Å². The van der Waals surface area contributed by atoms with Crippen molar-refractivity contribution >= 4 is 11.8 Å². The van der Waals surface area contributed by atoms with Crippen molar-refractivity contribution < 1.29 is 14.0 Å². The molecule has 0 radical (unpaired) electrons. The molecule has 0 aliphatic carbocycles. The number of carbonyl (C=O) groups is 2. The normalized spacial score (nSPS) is 10.5. The van der Waals surface area contributed by atoms with Crippen LogP contribution in [-0.2, 0) is 19.5 Å². The lowest BCUT2D eigenvalue weighted by atomic mass is 9.99. The summed E-state index contributed by atoms with van der Waals surface area (Å²) in [7, 11) is 0. The average molecular weight is 425 g/mol. The molecule has 2 amide bonds. The van der Waals surface area contributed by atoms with Crippen LogP contribution in [0, 0.1) is 0 Å². The third-order valence-corrected chi connectivity index (χ3v) is 5.14. The molecule has 160 valence electrons. The number of hydrogen-bond acceptors (Lipinski definition) is 3. The maximum atomic E-state index is 12.9. The predicted molar refractivity (Wildman–Crippen MR) is 123 cm³/mol. The summed E-state index contributed by atoms with van der Waals surface area (Å²) < 4.78 is 5.24. The third kappa shape index (κ3) is 5.52. The summed E-state index contributed by atoms with van der Waals surface area (Å²) in [5.74, 6) is 0.364. The minimum absolute atomic E-state index is 0.135. The van der Waals surface area contributed by atoms with E-state index in [2.05, 4.69) is 22.8 Å². The Bertz CT molecular complexity index is 1180. The molecule has 1 heterocycles. The summed E-state index contributed by atoms with van der Waals surface area (Å²) in [6.45, 7) is 0.656. The fourth-order valence-electron chi connectivity index (χ4n) is 3.49. The Kier molecular flexibility index (Phi) is 6.78. The third-order valence-electron chi connectivity index (χ3n) is 5.14. The molecular formula is C27H24N2O3. The number of amides is 2. The summed E-state index contributed by atoms with van der Waals surface area (Å²) in [5.41, 5.74) is 4.17. The van der Waals surface area contributed by atoms with Gasteiger partial charge in [0.1, 0.15) is 5.76 Å². The standard InChI is InChI=1S/C27H24N2O3/c30-26(29-19-24-13-7-15-32-24)23-12-6-10-21(17-23)18-28-27(31)25-14-5-4-11-22(25)16-20-8-2-1-3-9-20/h1-15,17H,16,18-19H2,(H,28,31)(H,29,30). The Balaban J connectivity index is 1.38. The molecular weight excluding hydrogens is 400 g/mol. The largest absolute Gasteiger partial charge is 0.467 e. The van der Waals surface area contributed by atoms with Gasteiger partial charge in [-0.1, -0.05) is 60.7 Å². The zero-order chi connectivity index (χ0) is 22.2. The molecule has 0 saturated heterocycles. The number of nitrogens with one attached hydrogen (secondary N) is 2. The zero-order valence-electron chi connectivity index (χ0n) is 17.6. The fraction of sp³-hybridized carbons (Fsp3) is 0.111. The van der Waals surface area contributed by atoms with Crippen molar-refractivity contribution in [3.63, 3.8) is 0 Å². The van der Waals surface area contributed by atoms with Crippen LogP contribution in [0.1, 0.15) is 43.2 Å². The van der Waals surface area contributed by atoms with E-state index < -0.39 is 0 Å². The van der Waals surface area contributed by atoms with E-state index in [4.69, 9.17) is 4.42 Å². The Hall–Kier alpha value is -4.12. The van der Waals surface area contributed by atoms with Gasteiger partial charge in [-0.2, -0.15) is 0 Å². The van der Waals surface area contributed by atoms with Gasteiger partial charge in [0.15, 0.2) is 0 Å². The molecule has 5 heteroatoms. The van der Waals surface area contributed by atoms with Crippen LogP contribution >= 0.6 is 0 Å². The highest BCUT2D eigenvalue weighted by atomic mass is 16.3. The fourth-order valence-corrected chi connectivity index (χ4v) is 3.49. The van der Waals surface area contributed by atoms with Crippen molar-refractivity contribution in [3.05, 3.63) is 131 Å². The molecule has 0 saturated carbocycles. The summed E-state index contributed by atoms with van der Waals surface area (Å²) in [5, 5.41) is 5.81. The number of furan rings is 1. The van der Waals surface area contributed by atoms with Gasteiger partial charge in [0.25, 0.3) is 11.8 Å². The lowest BCUT2D eigenvalue weighted by Gasteiger charge is -2.11. The van der Waals surface area contributed by atoms with Crippen LogP contribution in [0.4, 0.5) is 0 Å². The molecule has 0 spiro atoms. The summed E-state index contributed by atoms with van der Waals surface area (Å²) in [6.07, 6.45) is 2.26. The number of rotatable bonds is 8. The molecule has 4 rings (SSSR count). The summed E-state index contributed by atoms with van der Waals surface area (Å²) in [6, 6.07) is 28.5. The van der Waals surface area contributed by atoms with Crippen molar-refractivity contribution in [2.75, 3.05) is 0 Å². The minimum Gasteiger partial charge on any atom is -0.467 e. The highest BCUT2D eigenvalue weighted by Crippen LogP contribution is 2.15. The minimum atomic E-state index is -0.192. The first-order valence-electron chi connectivity index (χ1n) is 10.5. The van der Waals surface area contributed by atoms with Gasteiger partial charge >= 0.3 is 0 Å². The summed E-state index contributed by atoms with van der Waals surface area (Å²) in [4.78, 5) is 25.3. The Morgan fingerprint density at radius 1 is 0.688 bits per heavy atom. The van der Waals surface area contributed by atoms with Gasteiger partial charge in [-0.15, -0.1) is 0 Å². The van der Waals surface area contributed by atoms with E-state index in [-0.39, 0.29) is 11.8 Å². The van der Waals surface area contributed by atoms with Gasteiger partial charge in [0, 0.05) is 17.7 Å². The zero-order valence-corrected chi connectivity index (χ0v) is 17.6. The SMILES string of the molecule is O=C(NCc1ccco1)c1cccc(CNC(=O)c2ccccc2Cc2ccccc2)c1. The quantitative estimate of drug-likeness (QED) is 0.430. The van der Waals surface area contributed by atoms with E-state index in [0.717, 1.165) is 16.7 Å². The molecule has 0 atom stereocenters. The smallest absolute Gasteiger partial charge is 0.251 e. The second-order valence-corrected chi connectivity index (χ2v) is 7.46. The first kappa shape index (κ1) is 21.1. The molecule has 4 aromatic rings. The topological polar surface area (TPSA) is 71.3 Å². The first-order chi connectivity index (χ1) is 15.7. The Morgan fingerprint density at radius 3 is 2.25 bits per heavy atom. The summed E-state index contributed by atoms with van der Waals surface area (Å²) >= 11 is 0. The van der Waals surface area contributed by atoms with E-state index in [1.54, 1.807) is 24.5 Å². The van der Waals surface area contributed by atoms with Gasteiger partial charge < -0.3 is 15.1 Å². The van der Waals surface area contributed by atoms with Crippen molar-refractivity contribution in [1.29, 1.82) is 0 Å². The van der Waals surface area contributed by atoms with Crippen LogP contribution < -0.4 is 10.6 Å². The molecule has 32 heavy (non-hydrogen) atoms. The number of benzene rings is 3. The number of hydrogen-bond donors (Lipinski definition) is 2. The Morgan fingerprint density at radius 2 is 1.44 bits per heavy atom. The highest BCUT2D eigenvalue weighted by Gasteiger charge is 2.12. The van der Waals surface area contributed by atoms with Crippen LogP contribution in [0.5, 0.6) is 0 Å². The van der Waals surface area contributed by atoms with E-state index >= 15 is 0 Å². The van der Waals surface area contributed by atoms with Gasteiger partial charge in [-0.05, 0) is 53.4 Å². The van der Waals surface area contributed by atoms with E-state index in [1.807, 2.05) is 60.7 Å². The van der Waals surface area contributed by atoms with Crippen molar-refractivity contribution in [3.8, 4) is 0 Å². The maximum Gasteiger partial charge on any atom is 0.251 e. The van der Waals surface area contributed by atoms with Crippen LogP contribution in [0.2, 0.25) is 0 Å². The van der Waals surface area contributed by atoms with Gasteiger partial charge in [-0.25, -0.2) is 0 Å². The lowest BCUT2D eigenvalue weighted by molar-refractivity contribution is 0.0943. The average Bonchev–Trinajstić information content (AvgIpc) is 3.36. The second kappa shape index (κ2) is 10.3. The van der Waals surface area contributed by atoms with Crippen molar-refractivity contribution in [2.24, 2.45) is 0 Å². The van der Waals surface area contributed by atoms with Crippen LogP contribution in [-0.4, -0.2) is 11.8 Å².